The van der Waals surface area contributed by atoms with Crippen molar-refractivity contribution in [1.29, 1.82) is 0 Å². The highest BCUT2D eigenvalue weighted by Crippen LogP contribution is 2.47. The summed E-state index contributed by atoms with van der Waals surface area (Å²) in [5.74, 6) is 0.974. The van der Waals surface area contributed by atoms with E-state index in [1.165, 1.54) is 51.4 Å². The summed E-state index contributed by atoms with van der Waals surface area (Å²) in [4.78, 5) is 2.44. The van der Waals surface area contributed by atoms with Crippen molar-refractivity contribution in [3.8, 4) is 0 Å². The van der Waals surface area contributed by atoms with E-state index in [1.807, 2.05) is 12.1 Å². The molecule has 0 radical (unpaired) electrons. The first-order valence-electron chi connectivity index (χ1n) is 11.5. The van der Waals surface area contributed by atoms with Gasteiger partial charge in [0, 0.05) is 19.0 Å². The molecule has 0 spiro atoms. The van der Waals surface area contributed by atoms with Gasteiger partial charge >= 0.3 is 6.18 Å². The smallest absolute Gasteiger partial charge is 0.305 e. The van der Waals surface area contributed by atoms with Crippen molar-refractivity contribution in [3.05, 3.63) is 35.4 Å². The highest BCUT2D eigenvalue weighted by Gasteiger charge is 2.37. The zero-order chi connectivity index (χ0) is 21.5. The van der Waals surface area contributed by atoms with Crippen LogP contribution in [0.2, 0.25) is 0 Å². The summed E-state index contributed by atoms with van der Waals surface area (Å²) in [5, 5.41) is 0. The molecule has 2 atom stereocenters. The Labute approximate surface area is 176 Å². The fraction of sp³-hybridized carbons (Fsp3) is 0.760. The number of nitrogens with zero attached hydrogens (tertiary/aromatic N) is 1. The number of hydrogen-bond acceptors (Lipinski definition) is 1. The molecule has 0 amide bonds. The maximum Gasteiger partial charge on any atom is 0.393 e. The van der Waals surface area contributed by atoms with E-state index in [-0.39, 0.29) is 11.3 Å². The molecule has 4 heteroatoms. The van der Waals surface area contributed by atoms with Gasteiger partial charge in [-0.3, -0.25) is 0 Å². The second-order valence-electron chi connectivity index (χ2n) is 9.59. The zero-order valence-electron chi connectivity index (χ0n) is 18.8. The molecule has 166 valence electrons. The van der Waals surface area contributed by atoms with Gasteiger partial charge in [0.2, 0.25) is 0 Å². The summed E-state index contributed by atoms with van der Waals surface area (Å²) in [6.07, 6.45) is 4.70. The molecule has 1 aliphatic rings. The second kappa shape index (κ2) is 10.8. The van der Waals surface area contributed by atoms with Crippen LogP contribution in [-0.2, 0) is 6.42 Å². The first kappa shape index (κ1) is 24.2. The van der Waals surface area contributed by atoms with Crippen molar-refractivity contribution in [3.63, 3.8) is 0 Å². The monoisotopic (exact) mass is 411 g/mol. The Hall–Kier alpha value is -1.03. The molecule has 0 bridgehead atoms. The van der Waals surface area contributed by atoms with E-state index < -0.39 is 12.6 Å². The number of alkyl halides is 3. The van der Waals surface area contributed by atoms with E-state index in [2.05, 4.69) is 38.8 Å². The lowest BCUT2D eigenvalue weighted by Gasteiger charge is -2.43. The Kier molecular flexibility index (Phi) is 9.06. The van der Waals surface area contributed by atoms with Crippen molar-refractivity contribution in [2.75, 3.05) is 20.1 Å². The highest BCUT2D eigenvalue weighted by atomic mass is 19.4. The number of likely N-dealkylation sites (N-methyl/N-ethyl adjacent to an activating group) is 1. The molecule has 1 aromatic rings. The van der Waals surface area contributed by atoms with Gasteiger partial charge in [0.1, 0.15) is 0 Å². The van der Waals surface area contributed by atoms with E-state index >= 15 is 0 Å². The van der Waals surface area contributed by atoms with Crippen molar-refractivity contribution in [2.24, 2.45) is 11.3 Å². The van der Waals surface area contributed by atoms with E-state index in [1.54, 1.807) is 6.07 Å². The first-order chi connectivity index (χ1) is 13.7. The van der Waals surface area contributed by atoms with Crippen LogP contribution in [0.5, 0.6) is 0 Å². The maximum atomic E-state index is 13.0. The lowest BCUT2D eigenvalue weighted by atomic mass is 9.64. The van der Waals surface area contributed by atoms with Gasteiger partial charge in [0.25, 0.3) is 0 Å². The molecule has 1 aliphatic carbocycles. The minimum atomic E-state index is -4.16. The molecule has 0 aliphatic heterocycles. The standard InChI is InChI=1S/C25H40F3N/c1-5-11-20(6-2)18-29(4)19-23(24(3)14-8-7-9-15-24)22-13-10-12-21(16-22)17-25(26,27)28/h10,12-13,16,20,23H,5-9,11,14-15,17-19H2,1-4H3/t20-,23?/m0/s1. The Morgan fingerprint density at radius 3 is 2.34 bits per heavy atom. The van der Waals surface area contributed by atoms with Gasteiger partial charge in [-0.05, 0) is 48.8 Å². The lowest BCUT2D eigenvalue weighted by Crippen LogP contribution is -2.38. The molecule has 29 heavy (non-hydrogen) atoms. The Balaban J connectivity index is 2.25. The third-order valence-electron chi connectivity index (χ3n) is 6.93. The molecular weight excluding hydrogens is 371 g/mol. The van der Waals surface area contributed by atoms with Gasteiger partial charge in [0.05, 0.1) is 6.42 Å². The average molecular weight is 412 g/mol. The van der Waals surface area contributed by atoms with Gasteiger partial charge < -0.3 is 4.90 Å². The van der Waals surface area contributed by atoms with E-state index in [4.69, 9.17) is 0 Å². The Bertz CT molecular complexity index is 604. The Morgan fingerprint density at radius 1 is 1.07 bits per heavy atom. The normalized spacial score (nSPS) is 19.3. The zero-order valence-corrected chi connectivity index (χ0v) is 18.8. The van der Waals surface area contributed by atoms with Crippen LogP contribution in [-0.4, -0.2) is 31.2 Å². The molecule has 0 heterocycles. The minimum Gasteiger partial charge on any atom is -0.305 e. The number of hydrogen-bond donors (Lipinski definition) is 0. The van der Waals surface area contributed by atoms with Crippen LogP contribution in [0.4, 0.5) is 13.2 Å². The summed E-state index contributed by atoms with van der Waals surface area (Å²) in [5.41, 5.74) is 1.64. The highest BCUT2D eigenvalue weighted by molar-refractivity contribution is 5.29. The van der Waals surface area contributed by atoms with Crippen LogP contribution in [0.3, 0.4) is 0 Å². The largest absolute Gasteiger partial charge is 0.393 e. The van der Waals surface area contributed by atoms with E-state index in [9.17, 15) is 13.2 Å². The molecule has 2 rings (SSSR count). The van der Waals surface area contributed by atoms with Crippen LogP contribution < -0.4 is 0 Å². The molecule has 0 aromatic heterocycles. The van der Waals surface area contributed by atoms with Crippen LogP contribution in [0.25, 0.3) is 0 Å². The number of benzene rings is 1. The van der Waals surface area contributed by atoms with E-state index in [0.717, 1.165) is 18.7 Å². The molecule has 1 saturated carbocycles. The number of halogens is 3. The summed E-state index contributed by atoms with van der Waals surface area (Å²) >= 11 is 0. The van der Waals surface area contributed by atoms with Crippen molar-refractivity contribution in [1.82, 2.24) is 4.90 Å². The first-order valence-corrected chi connectivity index (χ1v) is 11.5. The molecule has 1 aromatic carbocycles. The van der Waals surface area contributed by atoms with Crippen molar-refractivity contribution in [2.45, 2.75) is 90.7 Å². The minimum absolute atomic E-state index is 0.163. The van der Waals surface area contributed by atoms with Gasteiger partial charge in [-0.1, -0.05) is 77.1 Å². The third-order valence-corrected chi connectivity index (χ3v) is 6.93. The molecule has 1 nitrogen and oxygen atoms in total. The third kappa shape index (κ3) is 7.62. The fourth-order valence-corrected chi connectivity index (χ4v) is 5.25. The van der Waals surface area contributed by atoms with Gasteiger partial charge in [-0.2, -0.15) is 13.2 Å². The lowest BCUT2D eigenvalue weighted by molar-refractivity contribution is -0.127. The topological polar surface area (TPSA) is 3.24 Å². The average Bonchev–Trinajstić information content (AvgIpc) is 2.65. The predicted octanol–water partition coefficient (Wildman–Crippen LogP) is 7.60. The molecule has 1 fully saturated rings. The van der Waals surface area contributed by atoms with Crippen LogP contribution in [0.15, 0.2) is 24.3 Å². The van der Waals surface area contributed by atoms with E-state index in [0.29, 0.717) is 11.5 Å². The van der Waals surface area contributed by atoms with Gasteiger partial charge in [-0.15, -0.1) is 0 Å². The van der Waals surface area contributed by atoms with Gasteiger partial charge in [-0.25, -0.2) is 0 Å². The predicted molar refractivity (Wildman–Crippen MR) is 116 cm³/mol. The maximum absolute atomic E-state index is 13.0. The van der Waals surface area contributed by atoms with Crippen molar-refractivity contribution >= 4 is 0 Å². The molecule has 1 unspecified atom stereocenters. The number of rotatable bonds is 10. The molecule has 0 saturated heterocycles. The quantitative estimate of drug-likeness (QED) is 0.383. The van der Waals surface area contributed by atoms with Crippen molar-refractivity contribution < 1.29 is 13.2 Å². The summed E-state index contributed by atoms with van der Waals surface area (Å²) in [6.45, 7) is 8.85. The van der Waals surface area contributed by atoms with Crippen LogP contribution in [0, 0.1) is 11.3 Å². The fourth-order valence-electron chi connectivity index (χ4n) is 5.25. The Morgan fingerprint density at radius 2 is 1.76 bits per heavy atom. The van der Waals surface area contributed by atoms with Gasteiger partial charge in [0.15, 0.2) is 0 Å². The summed E-state index contributed by atoms with van der Waals surface area (Å²) in [6, 6.07) is 7.33. The SMILES string of the molecule is CCC[C@H](CC)CN(C)CC(c1cccc(CC(F)(F)F)c1)C1(C)CCCCC1. The molecular formula is C25H40F3N. The molecule has 0 N–H and O–H groups in total. The summed E-state index contributed by atoms with van der Waals surface area (Å²) in [7, 11) is 2.19. The van der Waals surface area contributed by atoms with Crippen LogP contribution >= 0.6 is 0 Å². The second-order valence-corrected chi connectivity index (χ2v) is 9.59. The van der Waals surface area contributed by atoms with Crippen LogP contribution in [0.1, 0.15) is 89.2 Å². The summed E-state index contributed by atoms with van der Waals surface area (Å²) < 4.78 is 38.9.